The maximum Gasteiger partial charge on any atom is 0.573 e. The van der Waals surface area contributed by atoms with Gasteiger partial charge in [0.15, 0.2) is 5.13 Å². The topological polar surface area (TPSA) is 63.7 Å². The first kappa shape index (κ1) is 19.7. The predicted molar refractivity (Wildman–Crippen MR) is 96.3 cm³/mol. The van der Waals surface area contributed by atoms with Crippen LogP contribution in [0.5, 0.6) is 5.75 Å². The second kappa shape index (κ2) is 7.89. The Kier molecular flexibility index (Phi) is 5.75. The molecule has 0 saturated carbocycles. The van der Waals surface area contributed by atoms with Crippen LogP contribution >= 0.6 is 11.3 Å². The number of benzene rings is 1. The number of carbonyl (C=O) groups excluding carboxylic acids is 1. The van der Waals surface area contributed by atoms with Crippen LogP contribution in [0, 0.1) is 0 Å². The first-order valence-electron chi connectivity index (χ1n) is 8.57. The van der Waals surface area contributed by atoms with Gasteiger partial charge in [0.2, 0.25) is 0 Å². The Morgan fingerprint density at radius 2 is 2.26 bits per heavy atom. The largest absolute Gasteiger partial charge is 0.573 e. The van der Waals surface area contributed by atoms with Gasteiger partial charge < -0.3 is 14.8 Å². The van der Waals surface area contributed by atoms with Gasteiger partial charge in [0.1, 0.15) is 5.75 Å². The molecule has 1 aliphatic heterocycles. The summed E-state index contributed by atoms with van der Waals surface area (Å²) in [6.07, 6.45) is -3.06. The summed E-state index contributed by atoms with van der Waals surface area (Å²) in [6.45, 7) is 4.69. The highest BCUT2D eigenvalue weighted by Crippen LogP contribution is 2.34. The molecule has 2 heterocycles. The van der Waals surface area contributed by atoms with Crippen LogP contribution in [0.2, 0.25) is 0 Å². The quantitative estimate of drug-likeness (QED) is 0.809. The van der Waals surface area contributed by atoms with E-state index in [0.29, 0.717) is 28.5 Å². The van der Waals surface area contributed by atoms with Crippen LogP contribution in [0.1, 0.15) is 26.7 Å². The van der Waals surface area contributed by atoms with Gasteiger partial charge in [-0.1, -0.05) is 11.3 Å². The summed E-state index contributed by atoms with van der Waals surface area (Å²) < 4.78 is 47.3. The molecule has 1 aliphatic rings. The zero-order valence-electron chi connectivity index (χ0n) is 14.9. The van der Waals surface area contributed by atoms with Crippen LogP contribution < -0.4 is 15.0 Å². The molecule has 3 rings (SSSR count). The molecule has 10 heteroatoms. The van der Waals surface area contributed by atoms with Crippen LogP contribution in [-0.4, -0.2) is 42.7 Å². The molecule has 6 nitrogen and oxygen atoms in total. The minimum Gasteiger partial charge on any atom is -0.406 e. The number of carbonyl (C=O) groups is 1. The van der Waals surface area contributed by atoms with Gasteiger partial charge in [0.05, 0.1) is 22.9 Å². The van der Waals surface area contributed by atoms with Crippen molar-refractivity contribution in [3.8, 4) is 5.75 Å². The fourth-order valence-corrected chi connectivity index (χ4v) is 3.77. The van der Waals surface area contributed by atoms with Crippen LogP contribution in [-0.2, 0) is 4.74 Å². The molecule has 0 radical (unpaired) electrons. The summed E-state index contributed by atoms with van der Waals surface area (Å²) in [5, 5.41) is 3.23. The second-order valence-corrected chi connectivity index (χ2v) is 7.53. The number of halogens is 3. The number of alkyl halides is 3. The fourth-order valence-electron chi connectivity index (χ4n) is 2.77. The second-order valence-electron chi connectivity index (χ2n) is 6.52. The van der Waals surface area contributed by atoms with Gasteiger partial charge in [-0.05, 0) is 38.8 Å². The van der Waals surface area contributed by atoms with Crippen molar-refractivity contribution < 1.29 is 27.4 Å². The van der Waals surface area contributed by atoms with E-state index in [1.165, 1.54) is 23.1 Å². The average Bonchev–Trinajstić information content (AvgIpc) is 3.18. The lowest BCUT2D eigenvalue weighted by atomic mass is 10.2. The van der Waals surface area contributed by atoms with Crippen molar-refractivity contribution in [2.24, 2.45) is 0 Å². The number of nitrogens with one attached hydrogen (secondary N) is 1. The Bertz CT molecular complexity index is 804. The van der Waals surface area contributed by atoms with Crippen molar-refractivity contribution in [3.63, 3.8) is 0 Å². The molecule has 1 saturated heterocycles. The number of hydrogen-bond donors (Lipinski definition) is 1. The van der Waals surface area contributed by atoms with Crippen LogP contribution in [0.3, 0.4) is 0 Å². The smallest absolute Gasteiger partial charge is 0.406 e. The predicted octanol–water partition coefficient (Wildman–Crippen LogP) is 4.30. The molecule has 1 aromatic heterocycles. The molecule has 1 N–H and O–H groups in total. The number of fused-ring (bicyclic) bond motifs is 1. The van der Waals surface area contributed by atoms with Crippen LogP contribution in [0.25, 0.3) is 10.2 Å². The van der Waals surface area contributed by atoms with Crippen LogP contribution in [0.15, 0.2) is 18.2 Å². The number of thiazole rings is 1. The normalized spacial score (nSPS) is 17.5. The third-order valence-electron chi connectivity index (χ3n) is 3.88. The van der Waals surface area contributed by atoms with E-state index in [4.69, 9.17) is 4.74 Å². The molecule has 1 unspecified atom stereocenters. The number of rotatable bonds is 5. The minimum absolute atomic E-state index is 0.0642. The maximum absolute atomic E-state index is 12.6. The first-order chi connectivity index (χ1) is 12.7. The molecule has 1 aromatic carbocycles. The third-order valence-corrected chi connectivity index (χ3v) is 4.92. The van der Waals surface area contributed by atoms with E-state index >= 15 is 0 Å². The summed E-state index contributed by atoms with van der Waals surface area (Å²) in [4.78, 5) is 18.5. The third kappa shape index (κ3) is 5.23. The summed E-state index contributed by atoms with van der Waals surface area (Å²) in [7, 11) is 0. The van der Waals surface area contributed by atoms with Gasteiger partial charge in [-0.25, -0.2) is 9.78 Å². The molecule has 148 valence electrons. The highest BCUT2D eigenvalue weighted by Gasteiger charge is 2.31. The van der Waals surface area contributed by atoms with Crippen molar-refractivity contribution in [1.82, 2.24) is 10.3 Å². The van der Waals surface area contributed by atoms with Crippen molar-refractivity contribution >= 4 is 32.7 Å². The number of amides is 2. The van der Waals surface area contributed by atoms with Gasteiger partial charge in [0.25, 0.3) is 0 Å². The average molecular weight is 403 g/mol. The highest BCUT2D eigenvalue weighted by molar-refractivity contribution is 7.22. The van der Waals surface area contributed by atoms with E-state index in [9.17, 15) is 18.0 Å². The van der Waals surface area contributed by atoms with E-state index in [1.54, 1.807) is 0 Å². The van der Waals surface area contributed by atoms with Gasteiger partial charge in [-0.3, -0.25) is 4.90 Å². The molecule has 0 bridgehead atoms. The Labute approximate surface area is 158 Å². The Morgan fingerprint density at radius 1 is 1.48 bits per heavy atom. The Morgan fingerprint density at radius 3 is 2.89 bits per heavy atom. The monoisotopic (exact) mass is 403 g/mol. The molecule has 27 heavy (non-hydrogen) atoms. The Hall–Kier alpha value is -2.07. The van der Waals surface area contributed by atoms with Crippen molar-refractivity contribution in [2.75, 3.05) is 18.1 Å². The van der Waals surface area contributed by atoms with Gasteiger partial charge in [-0.2, -0.15) is 0 Å². The van der Waals surface area contributed by atoms with Crippen molar-refractivity contribution in [2.45, 2.75) is 45.2 Å². The summed E-state index contributed by atoms with van der Waals surface area (Å²) in [5.41, 5.74) is 0.499. The van der Waals surface area contributed by atoms with E-state index < -0.39 is 6.36 Å². The van der Waals surface area contributed by atoms with Gasteiger partial charge >= 0.3 is 12.4 Å². The number of aromatic nitrogens is 1. The lowest BCUT2D eigenvalue weighted by molar-refractivity contribution is -0.274. The van der Waals surface area contributed by atoms with Crippen LogP contribution in [0.4, 0.5) is 23.1 Å². The summed E-state index contributed by atoms with van der Waals surface area (Å²) in [6, 6.07) is 3.55. The standard InChI is InChI=1S/C17H20F3N3O3S/c1-10(2)21-15(24)23(9-12-4-3-7-25-12)16-22-13-6-5-11(8-14(13)27-16)26-17(18,19)20/h5-6,8,10,12H,3-4,7,9H2,1-2H3,(H,21,24). The molecule has 2 amide bonds. The van der Waals surface area contributed by atoms with Crippen molar-refractivity contribution in [3.05, 3.63) is 18.2 Å². The number of urea groups is 1. The maximum atomic E-state index is 12.6. The number of hydrogen-bond acceptors (Lipinski definition) is 5. The molecule has 0 aliphatic carbocycles. The lowest BCUT2D eigenvalue weighted by Gasteiger charge is -2.24. The lowest BCUT2D eigenvalue weighted by Crippen LogP contribution is -2.46. The molecule has 1 fully saturated rings. The van der Waals surface area contributed by atoms with Gasteiger partial charge in [-0.15, -0.1) is 13.2 Å². The van der Waals surface area contributed by atoms with E-state index in [0.717, 1.165) is 24.2 Å². The zero-order valence-corrected chi connectivity index (χ0v) is 15.7. The van der Waals surface area contributed by atoms with Crippen molar-refractivity contribution in [1.29, 1.82) is 0 Å². The fraction of sp³-hybridized carbons (Fsp3) is 0.529. The molecular weight excluding hydrogens is 383 g/mol. The number of ether oxygens (including phenoxy) is 2. The summed E-state index contributed by atoms with van der Waals surface area (Å²) in [5.74, 6) is -0.317. The number of nitrogens with zero attached hydrogens (tertiary/aromatic N) is 2. The van der Waals surface area contributed by atoms with Gasteiger partial charge in [0, 0.05) is 18.7 Å². The first-order valence-corrected chi connectivity index (χ1v) is 9.39. The van der Waals surface area contributed by atoms with E-state index in [2.05, 4.69) is 15.0 Å². The molecular formula is C17H20F3N3O3S. The molecule has 0 spiro atoms. The Balaban J connectivity index is 1.87. The SMILES string of the molecule is CC(C)NC(=O)N(CC1CCCO1)c1nc2ccc(OC(F)(F)F)cc2s1. The molecule has 2 aromatic rings. The number of anilines is 1. The minimum atomic E-state index is -4.76. The van der Waals surface area contributed by atoms with E-state index in [-0.39, 0.29) is 23.9 Å². The van der Waals surface area contributed by atoms with E-state index in [1.807, 2.05) is 13.8 Å². The molecule has 1 atom stereocenters. The highest BCUT2D eigenvalue weighted by atomic mass is 32.1. The summed E-state index contributed by atoms with van der Waals surface area (Å²) >= 11 is 1.14. The zero-order chi connectivity index (χ0) is 19.6.